The van der Waals surface area contributed by atoms with Gasteiger partial charge < -0.3 is 19.3 Å². The molecule has 0 unspecified atom stereocenters. The largest absolute Gasteiger partial charge is 0.481 e. The average Bonchev–Trinajstić information content (AvgIpc) is 3.58. The summed E-state index contributed by atoms with van der Waals surface area (Å²) in [6.07, 6.45) is 12.7. The van der Waals surface area contributed by atoms with Crippen molar-refractivity contribution in [1.82, 2.24) is 9.13 Å². The molecule has 4 aliphatic heterocycles. The molecule has 218 valence electrons. The van der Waals surface area contributed by atoms with E-state index in [2.05, 4.69) is 47.4 Å². The molecule has 0 aliphatic carbocycles. The lowest BCUT2D eigenvalue weighted by Crippen LogP contribution is -2.33. The third kappa shape index (κ3) is 4.45. The van der Waals surface area contributed by atoms with E-state index in [1.807, 2.05) is 39.0 Å². The lowest BCUT2D eigenvalue weighted by Gasteiger charge is -2.16. The third-order valence-electron chi connectivity index (χ3n) is 9.03. The van der Waals surface area contributed by atoms with Crippen molar-refractivity contribution in [2.24, 2.45) is 9.98 Å². The molecule has 0 spiro atoms. The summed E-state index contributed by atoms with van der Waals surface area (Å²) in [7, 11) is 0. The number of hydrogen-bond donors (Lipinski definition) is 2. The summed E-state index contributed by atoms with van der Waals surface area (Å²) < 4.78 is 4.47. The van der Waals surface area contributed by atoms with Gasteiger partial charge in [0.25, 0.3) is 0 Å². The highest BCUT2D eigenvalue weighted by Crippen LogP contribution is 2.36. The first-order valence-electron chi connectivity index (χ1n) is 14.4. The van der Waals surface area contributed by atoms with Crippen LogP contribution in [0.5, 0.6) is 0 Å². The number of allylic oxidation sites excluding steroid dienone is 4. The molecule has 0 amide bonds. The Kier molecular flexibility index (Phi) is 6.80. The smallest absolute Gasteiger partial charge is 0.303 e. The van der Waals surface area contributed by atoms with Gasteiger partial charge in [0, 0.05) is 40.4 Å². The van der Waals surface area contributed by atoms with E-state index in [0.717, 1.165) is 83.7 Å². The number of carbonyl (C=O) groups is 2. The number of aliphatic imine (C=N–C) groups is 2. The molecule has 6 rings (SSSR count). The number of carboxylic acids is 2. The summed E-state index contributed by atoms with van der Waals surface area (Å²) in [4.78, 5) is 33.4. The molecule has 6 heterocycles. The van der Waals surface area contributed by atoms with Crippen LogP contribution in [0.3, 0.4) is 0 Å². The van der Waals surface area contributed by atoms with Crippen LogP contribution in [0.2, 0.25) is 0 Å². The van der Waals surface area contributed by atoms with Crippen LogP contribution in [0.25, 0.3) is 30.4 Å². The van der Waals surface area contributed by atoms with Crippen molar-refractivity contribution < 1.29 is 19.8 Å². The lowest BCUT2D eigenvalue weighted by atomic mass is 9.98. The molecule has 43 heavy (non-hydrogen) atoms. The van der Waals surface area contributed by atoms with Gasteiger partial charge in [-0.25, -0.2) is 9.98 Å². The zero-order valence-electron chi connectivity index (χ0n) is 24.9. The molecule has 2 aromatic heterocycles. The second kappa shape index (κ2) is 10.4. The highest BCUT2D eigenvalue weighted by atomic mass is 16.4. The van der Waals surface area contributed by atoms with Gasteiger partial charge in [0.05, 0.1) is 28.5 Å². The third-order valence-corrected chi connectivity index (χ3v) is 9.03. The standard InChI is InChI=1S/C35H34N4O4/c1-7-22-18(3)26-13-30-21(6)25(10-12-35(42)43)33-16-29-24(9-11-34(40)41)19(4)27(37-29)14-32-23(8-2)20(5)31(15-28(22)36-26)38(32)17-39(30)33/h7-8,13-16H,1-2,9-12,17H2,3-6H3,(H,40,41)(H,42,43)/b26-13?,27-14-,28-15-,29-16?,30-13-,31-15?,32-14?,33-16-. The van der Waals surface area contributed by atoms with Gasteiger partial charge in [0.2, 0.25) is 0 Å². The number of aromatic nitrogens is 2. The van der Waals surface area contributed by atoms with Crippen LogP contribution in [-0.2, 0) is 22.7 Å². The van der Waals surface area contributed by atoms with Gasteiger partial charge in [0.15, 0.2) is 0 Å². The first-order chi connectivity index (χ1) is 20.5. The van der Waals surface area contributed by atoms with E-state index in [1.54, 1.807) is 0 Å². The van der Waals surface area contributed by atoms with Crippen molar-refractivity contribution in [2.45, 2.75) is 60.0 Å². The van der Waals surface area contributed by atoms with E-state index >= 15 is 0 Å². The van der Waals surface area contributed by atoms with E-state index in [-0.39, 0.29) is 12.8 Å². The average molecular weight is 575 g/mol. The van der Waals surface area contributed by atoms with Gasteiger partial charge in [-0.2, -0.15) is 0 Å². The summed E-state index contributed by atoms with van der Waals surface area (Å²) in [5, 5.41) is 21.0. The topological polar surface area (TPSA) is 109 Å². The molecule has 0 atom stereocenters. The predicted molar refractivity (Wildman–Crippen MR) is 171 cm³/mol. The first kappa shape index (κ1) is 28.2. The Balaban J connectivity index is 1.80. The van der Waals surface area contributed by atoms with Crippen LogP contribution < -0.4 is 10.7 Å². The van der Waals surface area contributed by atoms with Crippen LogP contribution in [0, 0.1) is 13.8 Å². The number of nitrogens with zero attached hydrogens (tertiary/aromatic N) is 4. The van der Waals surface area contributed by atoms with Crippen molar-refractivity contribution >= 4 is 53.7 Å². The van der Waals surface area contributed by atoms with Crippen molar-refractivity contribution in [3.8, 4) is 0 Å². The Morgan fingerprint density at radius 2 is 1.44 bits per heavy atom. The normalized spacial score (nSPS) is 20.6. The molecule has 2 N–H and O–H groups in total. The van der Waals surface area contributed by atoms with Crippen LogP contribution in [-0.4, -0.2) is 42.7 Å². The Morgan fingerprint density at radius 1 is 0.791 bits per heavy atom. The quantitative estimate of drug-likeness (QED) is 0.466. The van der Waals surface area contributed by atoms with Gasteiger partial charge in [-0.1, -0.05) is 25.3 Å². The molecule has 0 radical (unpaired) electrons. The highest BCUT2D eigenvalue weighted by Gasteiger charge is 2.28. The van der Waals surface area contributed by atoms with Crippen molar-refractivity contribution in [2.75, 3.05) is 0 Å². The fourth-order valence-corrected chi connectivity index (χ4v) is 6.66. The van der Waals surface area contributed by atoms with Crippen LogP contribution in [0.1, 0.15) is 66.8 Å². The van der Waals surface area contributed by atoms with E-state index in [4.69, 9.17) is 9.98 Å². The van der Waals surface area contributed by atoms with Crippen molar-refractivity contribution in [1.29, 1.82) is 0 Å². The summed E-state index contributed by atoms with van der Waals surface area (Å²) in [6, 6.07) is 0. The maximum Gasteiger partial charge on any atom is 0.303 e. The number of hydrogen-bond acceptors (Lipinski definition) is 4. The molecule has 8 nitrogen and oxygen atoms in total. The van der Waals surface area contributed by atoms with E-state index < -0.39 is 11.9 Å². The molecule has 6 bridgehead atoms. The SMILES string of the molecule is C=CC1=C(C)C2=NC/1=C\c1c(C)c(C=C)c3n1Cn1/c(c(C)c(CCC(=O)O)/c1=C/C1=NC(=C\3)/C(C)=C1CCC(=O)O)=C\2. The molecule has 8 heteroatoms. The van der Waals surface area contributed by atoms with Crippen molar-refractivity contribution in [3.05, 3.63) is 97.3 Å². The minimum atomic E-state index is -0.868. The van der Waals surface area contributed by atoms with Gasteiger partial charge in [0.1, 0.15) is 6.67 Å². The van der Waals surface area contributed by atoms with E-state index in [9.17, 15) is 19.8 Å². The molecular formula is C35H34N4O4. The Labute approximate surface area is 249 Å². The minimum absolute atomic E-state index is 0.0140. The van der Waals surface area contributed by atoms with Gasteiger partial charge >= 0.3 is 11.9 Å². The Hall–Kier alpha value is -4.98. The fraction of sp³-hybridized carbons (Fsp3) is 0.257. The monoisotopic (exact) mass is 574 g/mol. The van der Waals surface area contributed by atoms with Gasteiger partial charge in [-0.3, -0.25) is 9.59 Å². The van der Waals surface area contributed by atoms with Crippen LogP contribution in [0.15, 0.2) is 62.9 Å². The molecule has 0 saturated heterocycles. The lowest BCUT2D eigenvalue weighted by molar-refractivity contribution is -0.137. The van der Waals surface area contributed by atoms with Crippen molar-refractivity contribution in [3.63, 3.8) is 0 Å². The van der Waals surface area contributed by atoms with E-state index in [1.165, 1.54) is 0 Å². The molecule has 0 aromatic carbocycles. The molecular weight excluding hydrogens is 540 g/mol. The minimum Gasteiger partial charge on any atom is -0.481 e. The maximum atomic E-state index is 11.8. The predicted octanol–water partition coefficient (Wildman–Crippen LogP) is 4.94. The fourth-order valence-electron chi connectivity index (χ4n) is 6.66. The zero-order valence-corrected chi connectivity index (χ0v) is 24.9. The molecule has 0 fully saturated rings. The van der Waals surface area contributed by atoms with Gasteiger partial charge in [-0.05, 0) is 98.3 Å². The summed E-state index contributed by atoms with van der Waals surface area (Å²) in [6.45, 7) is 16.8. The number of fused-ring (bicyclic) bond motifs is 2. The Bertz CT molecular complexity index is 2010. The molecule has 2 aromatic rings. The summed E-state index contributed by atoms with van der Waals surface area (Å²) in [5.74, 6) is -1.74. The van der Waals surface area contributed by atoms with Gasteiger partial charge in [-0.15, -0.1) is 0 Å². The second-order valence-electron chi connectivity index (χ2n) is 11.4. The Morgan fingerprint density at radius 3 is 2.12 bits per heavy atom. The second-order valence-corrected chi connectivity index (χ2v) is 11.4. The highest BCUT2D eigenvalue weighted by molar-refractivity contribution is 6.24. The van der Waals surface area contributed by atoms with Crippen LogP contribution in [0.4, 0.5) is 0 Å². The molecule has 4 aliphatic rings. The summed E-state index contributed by atoms with van der Waals surface area (Å²) >= 11 is 0. The summed E-state index contributed by atoms with van der Waals surface area (Å²) in [5.41, 5.74) is 12.9. The zero-order chi connectivity index (χ0) is 30.7. The number of rotatable bonds is 8. The van der Waals surface area contributed by atoms with Crippen LogP contribution >= 0.6 is 0 Å². The number of carboxylic acid groups (broad SMARTS) is 2. The number of aliphatic carboxylic acids is 2. The first-order valence-corrected chi connectivity index (χ1v) is 14.4. The molecule has 0 saturated carbocycles. The maximum absolute atomic E-state index is 11.8. The van der Waals surface area contributed by atoms with E-state index in [0.29, 0.717) is 25.2 Å².